The van der Waals surface area contributed by atoms with Crippen LogP contribution >= 0.6 is 11.8 Å². The van der Waals surface area contributed by atoms with Gasteiger partial charge in [-0.05, 0) is 43.1 Å². The first-order valence-electron chi connectivity index (χ1n) is 8.07. The fourth-order valence-electron chi connectivity index (χ4n) is 2.87. The number of rotatable bonds is 5. The highest BCUT2D eigenvalue weighted by Gasteiger charge is 2.26. The van der Waals surface area contributed by atoms with Crippen molar-refractivity contribution < 1.29 is 9.59 Å². The van der Waals surface area contributed by atoms with E-state index in [1.807, 2.05) is 42.5 Å². The van der Waals surface area contributed by atoms with Gasteiger partial charge in [0, 0.05) is 11.4 Å². The molecule has 0 saturated carbocycles. The van der Waals surface area contributed by atoms with Gasteiger partial charge in [0.15, 0.2) is 0 Å². The summed E-state index contributed by atoms with van der Waals surface area (Å²) in [5.74, 6) is -0.243. The van der Waals surface area contributed by atoms with E-state index in [4.69, 9.17) is 0 Å². The Labute approximate surface area is 152 Å². The fraction of sp³-hybridized carbons (Fsp3) is 0.263. The molecule has 2 aromatic rings. The summed E-state index contributed by atoms with van der Waals surface area (Å²) in [6, 6.07) is 15.7. The number of nitrogens with one attached hydrogen (secondary N) is 1. The van der Waals surface area contributed by atoms with E-state index in [9.17, 15) is 9.59 Å². The Morgan fingerprint density at radius 3 is 2.64 bits per heavy atom. The Morgan fingerprint density at radius 2 is 1.92 bits per heavy atom. The van der Waals surface area contributed by atoms with Crippen LogP contribution in [0.3, 0.4) is 0 Å². The molecule has 5 nitrogen and oxygen atoms in total. The molecule has 0 saturated heterocycles. The van der Waals surface area contributed by atoms with Gasteiger partial charge in [0.25, 0.3) is 0 Å². The van der Waals surface area contributed by atoms with Gasteiger partial charge in [-0.25, -0.2) is 0 Å². The molecule has 0 aliphatic carbocycles. The predicted octanol–water partition coefficient (Wildman–Crippen LogP) is 2.83. The van der Waals surface area contributed by atoms with Crippen molar-refractivity contribution >= 4 is 35.0 Å². The van der Waals surface area contributed by atoms with Crippen molar-refractivity contribution in [3.63, 3.8) is 0 Å². The molecule has 1 aliphatic heterocycles. The van der Waals surface area contributed by atoms with Crippen LogP contribution in [0.4, 0.5) is 11.4 Å². The van der Waals surface area contributed by atoms with Crippen molar-refractivity contribution in [1.29, 1.82) is 0 Å². The van der Waals surface area contributed by atoms with E-state index >= 15 is 0 Å². The molecule has 1 aliphatic rings. The molecule has 0 radical (unpaired) electrons. The molecule has 25 heavy (non-hydrogen) atoms. The lowest BCUT2D eigenvalue weighted by Gasteiger charge is -2.30. The van der Waals surface area contributed by atoms with Crippen molar-refractivity contribution in [3.05, 3.63) is 54.1 Å². The van der Waals surface area contributed by atoms with Gasteiger partial charge in [-0.15, -0.1) is 11.8 Å². The topological polar surface area (TPSA) is 52.7 Å². The summed E-state index contributed by atoms with van der Waals surface area (Å²) in [6.07, 6.45) is 2.05. The molecule has 1 heterocycles. The molecule has 2 aromatic carbocycles. The van der Waals surface area contributed by atoms with Gasteiger partial charge in [-0.2, -0.15) is 0 Å². The van der Waals surface area contributed by atoms with E-state index in [1.54, 1.807) is 16.7 Å². The number of thioether (sulfide) groups is 1. The summed E-state index contributed by atoms with van der Waals surface area (Å²) in [4.78, 5) is 29.3. The molecule has 0 fully saturated rings. The third-order valence-corrected chi connectivity index (χ3v) is 4.83. The third-order valence-electron chi connectivity index (χ3n) is 4.09. The zero-order valence-corrected chi connectivity index (χ0v) is 15.2. The van der Waals surface area contributed by atoms with Crippen molar-refractivity contribution in [1.82, 2.24) is 4.90 Å². The number of anilines is 2. The van der Waals surface area contributed by atoms with Crippen LogP contribution in [0.2, 0.25) is 0 Å². The Bertz CT molecular complexity index is 776. The van der Waals surface area contributed by atoms with E-state index < -0.39 is 0 Å². The molecule has 0 unspecified atom stereocenters. The average Bonchev–Trinajstić information content (AvgIpc) is 2.61. The molecule has 2 amide bonds. The monoisotopic (exact) mass is 355 g/mol. The molecular formula is C19H21N3O2S. The first-order chi connectivity index (χ1) is 12.1. The second kappa shape index (κ2) is 7.72. The maximum absolute atomic E-state index is 12.7. The second-order valence-corrected chi connectivity index (χ2v) is 6.95. The van der Waals surface area contributed by atoms with Gasteiger partial charge in [-0.1, -0.05) is 24.3 Å². The fourth-order valence-corrected chi connectivity index (χ4v) is 3.28. The van der Waals surface area contributed by atoms with Crippen LogP contribution < -0.4 is 10.2 Å². The number of carbonyl (C=O) groups is 2. The van der Waals surface area contributed by atoms with E-state index in [0.717, 1.165) is 11.3 Å². The minimum atomic E-state index is -0.164. The molecular weight excluding hydrogens is 334 g/mol. The van der Waals surface area contributed by atoms with E-state index in [2.05, 4.69) is 29.6 Å². The molecule has 130 valence electrons. The molecule has 0 bridgehead atoms. The number of hydrogen-bond donors (Lipinski definition) is 1. The van der Waals surface area contributed by atoms with Gasteiger partial charge < -0.3 is 5.32 Å². The summed E-state index contributed by atoms with van der Waals surface area (Å²) < 4.78 is 0. The number of likely N-dealkylation sites (N-methyl/N-ethyl adjacent to an activating group) is 1. The summed E-state index contributed by atoms with van der Waals surface area (Å²) >= 11 is 1.71. The minimum absolute atomic E-state index is 0.0616. The van der Waals surface area contributed by atoms with E-state index in [1.165, 1.54) is 4.90 Å². The van der Waals surface area contributed by atoms with Crippen molar-refractivity contribution in [2.75, 3.05) is 36.6 Å². The zero-order chi connectivity index (χ0) is 17.8. The number of amides is 2. The number of carbonyl (C=O) groups excluding carboxylic acids is 2. The van der Waals surface area contributed by atoms with Crippen LogP contribution in [-0.2, 0) is 16.1 Å². The quantitative estimate of drug-likeness (QED) is 0.838. The lowest BCUT2D eigenvalue weighted by atomic mass is 10.2. The first kappa shape index (κ1) is 17.5. The highest BCUT2D eigenvalue weighted by atomic mass is 32.2. The summed E-state index contributed by atoms with van der Waals surface area (Å²) in [5, 5.41) is 2.80. The highest BCUT2D eigenvalue weighted by molar-refractivity contribution is 7.98. The Balaban J connectivity index is 1.66. The largest absolute Gasteiger partial charge is 0.323 e. The SMILES string of the molecule is CSc1ccc(CN(C)CC(=O)N2CC(=O)Nc3ccccc32)cc1. The standard InChI is InChI=1S/C19H21N3O2S/c1-21(11-14-7-9-15(25-2)10-8-14)13-19(24)22-12-18(23)20-16-5-3-4-6-17(16)22/h3-10H,11-13H2,1-2H3,(H,20,23). The average molecular weight is 355 g/mol. The predicted molar refractivity (Wildman–Crippen MR) is 102 cm³/mol. The van der Waals surface area contributed by atoms with Gasteiger partial charge >= 0.3 is 0 Å². The number of nitrogens with zero attached hydrogens (tertiary/aromatic N) is 2. The lowest BCUT2D eigenvalue weighted by molar-refractivity contribution is -0.122. The maximum Gasteiger partial charge on any atom is 0.244 e. The summed E-state index contributed by atoms with van der Waals surface area (Å²) in [5.41, 5.74) is 2.59. The Kier molecular flexibility index (Phi) is 5.40. The van der Waals surface area contributed by atoms with Crippen molar-refractivity contribution in [2.24, 2.45) is 0 Å². The molecule has 0 atom stereocenters. The van der Waals surface area contributed by atoms with E-state index in [-0.39, 0.29) is 24.9 Å². The van der Waals surface area contributed by atoms with Gasteiger partial charge in [-0.3, -0.25) is 19.4 Å². The maximum atomic E-state index is 12.7. The number of benzene rings is 2. The van der Waals surface area contributed by atoms with Gasteiger partial charge in [0.1, 0.15) is 6.54 Å². The van der Waals surface area contributed by atoms with E-state index in [0.29, 0.717) is 12.2 Å². The van der Waals surface area contributed by atoms with Crippen molar-refractivity contribution in [2.45, 2.75) is 11.4 Å². The second-order valence-electron chi connectivity index (χ2n) is 6.07. The van der Waals surface area contributed by atoms with Crippen LogP contribution in [-0.4, -0.2) is 43.1 Å². The number of para-hydroxylation sites is 2. The van der Waals surface area contributed by atoms with Crippen LogP contribution in [0.1, 0.15) is 5.56 Å². The van der Waals surface area contributed by atoms with Gasteiger partial charge in [0.2, 0.25) is 11.8 Å². The van der Waals surface area contributed by atoms with Crippen LogP contribution in [0, 0.1) is 0 Å². The van der Waals surface area contributed by atoms with Crippen LogP contribution in [0.25, 0.3) is 0 Å². The van der Waals surface area contributed by atoms with Crippen LogP contribution in [0.5, 0.6) is 0 Å². The lowest BCUT2D eigenvalue weighted by Crippen LogP contribution is -2.45. The highest BCUT2D eigenvalue weighted by Crippen LogP contribution is 2.28. The molecule has 3 rings (SSSR count). The summed E-state index contributed by atoms with van der Waals surface area (Å²) in [7, 11) is 1.91. The Morgan fingerprint density at radius 1 is 1.20 bits per heavy atom. The number of fused-ring (bicyclic) bond motifs is 1. The van der Waals surface area contributed by atoms with Crippen molar-refractivity contribution in [3.8, 4) is 0 Å². The minimum Gasteiger partial charge on any atom is -0.323 e. The Hall–Kier alpha value is -2.31. The third kappa shape index (κ3) is 4.21. The van der Waals surface area contributed by atoms with Gasteiger partial charge in [0.05, 0.1) is 17.9 Å². The number of hydrogen-bond acceptors (Lipinski definition) is 4. The first-order valence-corrected chi connectivity index (χ1v) is 9.30. The summed E-state index contributed by atoms with van der Waals surface area (Å²) in [6.45, 7) is 1.00. The smallest absolute Gasteiger partial charge is 0.244 e. The molecule has 0 spiro atoms. The molecule has 0 aromatic heterocycles. The van der Waals surface area contributed by atoms with Crippen LogP contribution in [0.15, 0.2) is 53.4 Å². The molecule has 1 N–H and O–H groups in total. The molecule has 6 heteroatoms. The zero-order valence-electron chi connectivity index (χ0n) is 14.4. The normalized spacial score (nSPS) is 13.6.